The molecule has 112 valence electrons. The van der Waals surface area contributed by atoms with E-state index < -0.39 is 0 Å². The number of piperidine rings is 1. The quantitative estimate of drug-likeness (QED) is 0.852. The van der Waals surface area contributed by atoms with E-state index >= 15 is 0 Å². The average molecular weight is 339 g/mol. The van der Waals surface area contributed by atoms with Crippen molar-refractivity contribution >= 4 is 21.6 Å². The first-order chi connectivity index (χ1) is 9.43. The largest absolute Gasteiger partial charge is 0.371 e. The lowest BCUT2D eigenvalue weighted by atomic mass is 9.83. The van der Waals surface area contributed by atoms with Gasteiger partial charge < -0.3 is 10.2 Å². The predicted molar refractivity (Wildman–Crippen MR) is 91.5 cm³/mol. The zero-order valence-corrected chi connectivity index (χ0v) is 14.8. The van der Waals surface area contributed by atoms with Crippen LogP contribution in [0.25, 0.3) is 0 Å². The Morgan fingerprint density at radius 2 is 2.15 bits per heavy atom. The fourth-order valence-electron chi connectivity index (χ4n) is 3.20. The fourth-order valence-corrected chi connectivity index (χ4v) is 3.55. The smallest absolute Gasteiger partial charge is 0.0426 e. The van der Waals surface area contributed by atoms with Crippen molar-refractivity contribution in [3.05, 3.63) is 28.2 Å². The van der Waals surface area contributed by atoms with Crippen LogP contribution in [0.3, 0.4) is 0 Å². The molecule has 1 heterocycles. The Morgan fingerprint density at radius 3 is 2.80 bits per heavy atom. The molecule has 2 nitrogen and oxygen atoms in total. The van der Waals surface area contributed by atoms with Crippen LogP contribution in [-0.2, 0) is 0 Å². The molecule has 1 aromatic carbocycles. The molecule has 0 spiro atoms. The fraction of sp³-hybridized carbons (Fsp3) is 0.647. The van der Waals surface area contributed by atoms with Gasteiger partial charge in [-0.05, 0) is 49.4 Å². The molecule has 0 radical (unpaired) electrons. The first-order valence-electron chi connectivity index (χ1n) is 7.71. The third-order valence-corrected chi connectivity index (χ3v) is 4.70. The van der Waals surface area contributed by atoms with Crippen molar-refractivity contribution in [3.63, 3.8) is 0 Å². The molecule has 20 heavy (non-hydrogen) atoms. The second-order valence-corrected chi connectivity index (χ2v) is 7.59. The Kier molecular flexibility index (Phi) is 5.14. The van der Waals surface area contributed by atoms with Crippen LogP contribution in [0, 0.1) is 5.41 Å². The summed E-state index contributed by atoms with van der Waals surface area (Å²) in [5.41, 5.74) is 3.22. The summed E-state index contributed by atoms with van der Waals surface area (Å²) in [4.78, 5) is 2.57. The molecule has 1 aliphatic heterocycles. The minimum atomic E-state index is 0.396. The van der Waals surface area contributed by atoms with Gasteiger partial charge in [-0.15, -0.1) is 0 Å². The maximum absolute atomic E-state index is 3.63. The van der Waals surface area contributed by atoms with Crippen LogP contribution < -0.4 is 10.2 Å². The summed E-state index contributed by atoms with van der Waals surface area (Å²) in [6.07, 6.45) is 2.62. The first kappa shape index (κ1) is 15.8. The summed E-state index contributed by atoms with van der Waals surface area (Å²) >= 11 is 3.63. The van der Waals surface area contributed by atoms with Gasteiger partial charge in [0, 0.05) is 29.3 Å². The lowest BCUT2D eigenvalue weighted by molar-refractivity contribution is 0.292. The Labute approximate surface area is 132 Å². The molecule has 1 aromatic rings. The van der Waals surface area contributed by atoms with Gasteiger partial charge in [0.15, 0.2) is 0 Å². The van der Waals surface area contributed by atoms with E-state index in [1.165, 1.54) is 35.1 Å². The summed E-state index contributed by atoms with van der Waals surface area (Å²) in [6, 6.07) is 7.09. The molecule has 1 unspecified atom stereocenters. The van der Waals surface area contributed by atoms with Crippen LogP contribution in [0.15, 0.2) is 22.7 Å². The van der Waals surface area contributed by atoms with Gasteiger partial charge in [-0.2, -0.15) is 0 Å². The maximum Gasteiger partial charge on any atom is 0.0426 e. The first-order valence-corrected chi connectivity index (χ1v) is 8.50. The van der Waals surface area contributed by atoms with Gasteiger partial charge >= 0.3 is 0 Å². The second kappa shape index (κ2) is 6.48. The third kappa shape index (κ3) is 3.76. The molecule has 0 aliphatic carbocycles. The van der Waals surface area contributed by atoms with Crippen molar-refractivity contribution < 1.29 is 0 Å². The van der Waals surface area contributed by atoms with Crippen molar-refractivity contribution in [3.8, 4) is 0 Å². The monoisotopic (exact) mass is 338 g/mol. The topological polar surface area (TPSA) is 15.3 Å². The van der Waals surface area contributed by atoms with E-state index in [2.05, 4.69) is 72.0 Å². The number of anilines is 1. The van der Waals surface area contributed by atoms with Crippen molar-refractivity contribution in [1.82, 2.24) is 5.32 Å². The minimum absolute atomic E-state index is 0.396. The molecule has 0 amide bonds. The van der Waals surface area contributed by atoms with E-state index in [9.17, 15) is 0 Å². The lowest BCUT2D eigenvalue weighted by Crippen LogP contribution is -2.40. The zero-order valence-electron chi connectivity index (χ0n) is 13.2. The van der Waals surface area contributed by atoms with Crippen LogP contribution in [-0.4, -0.2) is 19.6 Å². The summed E-state index contributed by atoms with van der Waals surface area (Å²) in [7, 11) is 0. The van der Waals surface area contributed by atoms with Gasteiger partial charge in [-0.25, -0.2) is 0 Å². The van der Waals surface area contributed by atoms with Gasteiger partial charge in [0.2, 0.25) is 0 Å². The van der Waals surface area contributed by atoms with Crippen LogP contribution in [0.2, 0.25) is 0 Å². The minimum Gasteiger partial charge on any atom is -0.371 e. The number of hydrogen-bond acceptors (Lipinski definition) is 2. The molecule has 1 fully saturated rings. The van der Waals surface area contributed by atoms with Crippen LogP contribution in [0.5, 0.6) is 0 Å². The third-order valence-electron chi connectivity index (χ3n) is 4.21. The van der Waals surface area contributed by atoms with Gasteiger partial charge in [0.1, 0.15) is 0 Å². The molecule has 3 heteroatoms. The molecule has 0 aromatic heterocycles. The number of halogens is 1. The number of nitrogens with one attached hydrogen (secondary N) is 1. The van der Waals surface area contributed by atoms with E-state index in [-0.39, 0.29) is 0 Å². The van der Waals surface area contributed by atoms with Gasteiger partial charge in [-0.3, -0.25) is 0 Å². The van der Waals surface area contributed by atoms with Crippen molar-refractivity contribution in [2.45, 2.75) is 46.6 Å². The second-order valence-electron chi connectivity index (χ2n) is 6.67. The maximum atomic E-state index is 3.63. The molecular formula is C17H27BrN2. The summed E-state index contributed by atoms with van der Waals surface area (Å²) in [5.74, 6) is 0. The Bertz CT molecular complexity index is 456. The zero-order chi connectivity index (χ0) is 14.8. The molecule has 2 rings (SSSR count). The van der Waals surface area contributed by atoms with E-state index in [1.54, 1.807) is 0 Å². The van der Waals surface area contributed by atoms with E-state index in [0.717, 1.165) is 13.1 Å². The van der Waals surface area contributed by atoms with Gasteiger partial charge in [0.05, 0.1) is 0 Å². The Morgan fingerprint density at radius 1 is 1.40 bits per heavy atom. The Hall–Kier alpha value is -0.540. The molecule has 1 N–H and O–H groups in total. The highest BCUT2D eigenvalue weighted by molar-refractivity contribution is 9.10. The van der Waals surface area contributed by atoms with E-state index in [0.29, 0.717) is 11.5 Å². The molecule has 0 saturated carbocycles. The molecule has 1 atom stereocenters. The van der Waals surface area contributed by atoms with Crippen molar-refractivity contribution in [2.75, 3.05) is 24.5 Å². The van der Waals surface area contributed by atoms with E-state index in [1.807, 2.05) is 0 Å². The normalized spacial score (nSPS) is 19.9. The molecular weight excluding hydrogens is 312 g/mol. The highest BCUT2D eigenvalue weighted by Gasteiger charge is 2.28. The molecule has 1 aliphatic rings. The lowest BCUT2D eigenvalue weighted by Gasteiger charge is -2.40. The van der Waals surface area contributed by atoms with E-state index in [4.69, 9.17) is 0 Å². The number of nitrogens with zero attached hydrogens (tertiary/aromatic N) is 1. The number of benzene rings is 1. The van der Waals surface area contributed by atoms with Gasteiger partial charge in [-0.1, -0.05) is 42.8 Å². The summed E-state index contributed by atoms with van der Waals surface area (Å²) in [6.45, 7) is 12.5. The number of rotatable bonds is 4. The standard InChI is InChI=1S/C17H27BrN2/c1-5-19-13(2)15-8-7-14(18)11-16(15)20-10-6-9-17(3,4)12-20/h7-8,11,13,19H,5-6,9-10,12H2,1-4H3. The van der Waals surface area contributed by atoms with Crippen LogP contribution in [0.4, 0.5) is 5.69 Å². The molecule has 1 saturated heterocycles. The summed E-state index contributed by atoms with van der Waals surface area (Å²) < 4.78 is 1.17. The Balaban J connectivity index is 2.31. The average Bonchev–Trinajstić information content (AvgIpc) is 2.37. The van der Waals surface area contributed by atoms with Crippen LogP contribution >= 0.6 is 15.9 Å². The number of hydrogen-bond donors (Lipinski definition) is 1. The SMILES string of the molecule is CCNC(C)c1ccc(Br)cc1N1CCCC(C)(C)C1. The summed E-state index contributed by atoms with van der Waals surface area (Å²) in [5, 5.41) is 3.54. The van der Waals surface area contributed by atoms with Gasteiger partial charge in [0.25, 0.3) is 0 Å². The van der Waals surface area contributed by atoms with Crippen molar-refractivity contribution in [2.24, 2.45) is 5.41 Å². The van der Waals surface area contributed by atoms with Crippen molar-refractivity contribution in [1.29, 1.82) is 0 Å². The molecule has 0 bridgehead atoms. The highest BCUT2D eigenvalue weighted by atomic mass is 79.9. The van der Waals surface area contributed by atoms with Crippen LogP contribution in [0.1, 0.15) is 52.1 Å². The predicted octanol–water partition coefficient (Wildman–Crippen LogP) is 4.75. The highest BCUT2D eigenvalue weighted by Crippen LogP contribution is 2.36.